The van der Waals surface area contributed by atoms with E-state index in [9.17, 15) is 13.6 Å². The van der Waals surface area contributed by atoms with E-state index < -0.39 is 11.6 Å². The average Bonchev–Trinajstić information content (AvgIpc) is 2.67. The van der Waals surface area contributed by atoms with Gasteiger partial charge >= 0.3 is 6.01 Å². The lowest BCUT2D eigenvalue weighted by Gasteiger charge is -2.38. The molecule has 0 radical (unpaired) electrons. The standard InChI is InChI=1S/C20H17F2N5O2/c21-12-2-3-14(15(22)8-12)17-5-4-16(23)18(26-17)9-19(28)27-10-13(11-27)29-20-24-6-1-7-25-20/h1-8,13H,9-11,23H2. The Hall–Kier alpha value is -3.62. The molecule has 0 atom stereocenters. The Bertz CT molecular complexity index is 1040. The molecule has 1 aliphatic heterocycles. The van der Waals surface area contributed by atoms with E-state index >= 15 is 0 Å². The van der Waals surface area contributed by atoms with Gasteiger partial charge in [0.1, 0.15) is 17.7 Å². The normalized spacial score (nSPS) is 13.8. The van der Waals surface area contributed by atoms with Gasteiger partial charge in [0, 0.05) is 24.0 Å². The third-order valence-corrected chi connectivity index (χ3v) is 4.55. The van der Waals surface area contributed by atoms with E-state index in [0.29, 0.717) is 24.5 Å². The van der Waals surface area contributed by atoms with Crippen LogP contribution in [0.3, 0.4) is 0 Å². The van der Waals surface area contributed by atoms with Crippen molar-refractivity contribution in [3.8, 4) is 17.3 Å². The molecule has 1 saturated heterocycles. The van der Waals surface area contributed by atoms with Crippen LogP contribution in [0.4, 0.5) is 14.5 Å². The molecule has 0 spiro atoms. The van der Waals surface area contributed by atoms with Crippen molar-refractivity contribution in [3.05, 3.63) is 66.1 Å². The van der Waals surface area contributed by atoms with Crippen LogP contribution in [0.5, 0.6) is 6.01 Å². The number of benzene rings is 1. The highest BCUT2D eigenvalue weighted by Gasteiger charge is 2.33. The van der Waals surface area contributed by atoms with Crippen LogP contribution in [-0.2, 0) is 11.2 Å². The SMILES string of the molecule is Nc1ccc(-c2ccc(F)cc2F)nc1CC(=O)N1CC(Oc2ncccn2)C1. The Morgan fingerprint density at radius 3 is 2.66 bits per heavy atom. The summed E-state index contributed by atoms with van der Waals surface area (Å²) < 4.78 is 32.7. The van der Waals surface area contributed by atoms with Crippen molar-refractivity contribution in [1.29, 1.82) is 0 Å². The van der Waals surface area contributed by atoms with Gasteiger partial charge in [0.2, 0.25) is 5.91 Å². The van der Waals surface area contributed by atoms with Gasteiger partial charge in [-0.05, 0) is 30.3 Å². The van der Waals surface area contributed by atoms with Gasteiger partial charge in [-0.1, -0.05) is 0 Å². The number of rotatable bonds is 5. The summed E-state index contributed by atoms with van der Waals surface area (Å²) in [6, 6.07) is 8.29. The zero-order chi connectivity index (χ0) is 20.4. The van der Waals surface area contributed by atoms with Crippen LogP contribution >= 0.6 is 0 Å². The topological polar surface area (TPSA) is 94.2 Å². The molecule has 29 heavy (non-hydrogen) atoms. The molecule has 1 amide bonds. The summed E-state index contributed by atoms with van der Waals surface area (Å²) in [4.78, 5) is 26.4. The lowest BCUT2D eigenvalue weighted by atomic mass is 10.1. The lowest BCUT2D eigenvalue weighted by molar-refractivity contribution is -0.139. The lowest BCUT2D eigenvalue weighted by Crippen LogP contribution is -2.56. The Labute approximate surface area is 165 Å². The monoisotopic (exact) mass is 397 g/mol. The van der Waals surface area contributed by atoms with E-state index in [-0.39, 0.29) is 35.7 Å². The van der Waals surface area contributed by atoms with E-state index in [1.54, 1.807) is 29.4 Å². The summed E-state index contributed by atoms with van der Waals surface area (Å²) in [6.07, 6.45) is 2.95. The number of carbonyl (C=O) groups is 1. The molecular weight excluding hydrogens is 380 g/mol. The van der Waals surface area contributed by atoms with Crippen molar-refractivity contribution < 1.29 is 18.3 Å². The first kappa shape index (κ1) is 18.7. The summed E-state index contributed by atoms with van der Waals surface area (Å²) in [7, 11) is 0. The fourth-order valence-corrected chi connectivity index (χ4v) is 2.97. The van der Waals surface area contributed by atoms with Gasteiger partial charge in [-0.2, -0.15) is 0 Å². The van der Waals surface area contributed by atoms with Crippen LogP contribution in [0.1, 0.15) is 5.69 Å². The highest BCUT2D eigenvalue weighted by molar-refractivity contribution is 5.81. The molecule has 1 fully saturated rings. The number of hydrogen-bond donors (Lipinski definition) is 1. The average molecular weight is 397 g/mol. The molecular formula is C20H17F2N5O2. The van der Waals surface area contributed by atoms with Crippen LogP contribution < -0.4 is 10.5 Å². The van der Waals surface area contributed by atoms with Crippen molar-refractivity contribution in [2.24, 2.45) is 0 Å². The van der Waals surface area contributed by atoms with Crippen LogP contribution in [0.15, 0.2) is 48.8 Å². The second-order valence-electron chi connectivity index (χ2n) is 6.60. The van der Waals surface area contributed by atoms with Crippen molar-refractivity contribution in [2.75, 3.05) is 18.8 Å². The Morgan fingerprint density at radius 2 is 1.93 bits per heavy atom. The minimum absolute atomic E-state index is 0.0307. The van der Waals surface area contributed by atoms with Gasteiger partial charge in [-0.3, -0.25) is 9.78 Å². The molecule has 0 saturated carbocycles. The van der Waals surface area contributed by atoms with Crippen LogP contribution in [0, 0.1) is 11.6 Å². The Kier molecular flexibility index (Phi) is 5.03. The Balaban J connectivity index is 1.41. The number of likely N-dealkylation sites (tertiary alicyclic amines) is 1. The first-order chi connectivity index (χ1) is 14.0. The molecule has 0 unspecified atom stereocenters. The number of hydrogen-bond acceptors (Lipinski definition) is 6. The van der Waals surface area contributed by atoms with Crippen molar-refractivity contribution in [2.45, 2.75) is 12.5 Å². The van der Waals surface area contributed by atoms with E-state index in [1.807, 2.05) is 0 Å². The van der Waals surface area contributed by atoms with Crippen LogP contribution in [-0.4, -0.2) is 45.0 Å². The summed E-state index contributed by atoms with van der Waals surface area (Å²) in [5, 5.41) is 0. The van der Waals surface area contributed by atoms with Crippen molar-refractivity contribution in [3.63, 3.8) is 0 Å². The highest BCUT2D eigenvalue weighted by atomic mass is 19.1. The second kappa shape index (κ2) is 7.78. The summed E-state index contributed by atoms with van der Waals surface area (Å²) in [6.45, 7) is 0.812. The summed E-state index contributed by atoms with van der Waals surface area (Å²) in [5.74, 6) is -1.58. The highest BCUT2D eigenvalue weighted by Crippen LogP contribution is 2.25. The van der Waals surface area contributed by atoms with Crippen molar-refractivity contribution in [1.82, 2.24) is 19.9 Å². The number of anilines is 1. The first-order valence-corrected chi connectivity index (χ1v) is 8.92. The van der Waals surface area contributed by atoms with E-state index in [2.05, 4.69) is 15.0 Å². The van der Waals surface area contributed by atoms with E-state index in [1.165, 1.54) is 12.1 Å². The fourth-order valence-electron chi connectivity index (χ4n) is 2.97. The molecule has 148 valence electrons. The number of nitrogens with two attached hydrogens (primary N) is 1. The second-order valence-corrected chi connectivity index (χ2v) is 6.60. The minimum Gasteiger partial charge on any atom is -0.456 e. The van der Waals surface area contributed by atoms with Crippen LogP contribution in [0.25, 0.3) is 11.3 Å². The maximum Gasteiger partial charge on any atom is 0.316 e. The molecule has 1 aromatic carbocycles. The molecule has 4 rings (SSSR count). The molecule has 3 aromatic rings. The third kappa shape index (κ3) is 4.13. The number of halogens is 2. The molecule has 0 bridgehead atoms. The van der Waals surface area contributed by atoms with Gasteiger partial charge in [-0.25, -0.2) is 18.7 Å². The first-order valence-electron chi connectivity index (χ1n) is 8.92. The predicted molar refractivity (Wildman–Crippen MR) is 101 cm³/mol. The number of carbonyl (C=O) groups excluding carboxylic acids is 1. The predicted octanol–water partition coefficient (Wildman–Crippen LogP) is 2.23. The zero-order valence-electron chi connectivity index (χ0n) is 15.3. The van der Waals surface area contributed by atoms with Gasteiger partial charge in [-0.15, -0.1) is 0 Å². The number of aromatic nitrogens is 3. The van der Waals surface area contributed by atoms with Crippen LogP contribution in [0.2, 0.25) is 0 Å². The molecule has 3 heterocycles. The summed E-state index contributed by atoms with van der Waals surface area (Å²) in [5.41, 5.74) is 7.03. The number of pyridine rings is 1. The minimum atomic E-state index is -0.731. The molecule has 2 N–H and O–H groups in total. The molecule has 7 nitrogen and oxygen atoms in total. The summed E-state index contributed by atoms with van der Waals surface area (Å²) >= 11 is 0. The zero-order valence-corrected chi connectivity index (χ0v) is 15.3. The van der Waals surface area contributed by atoms with Gasteiger partial charge in [0.15, 0.2) is 0 Å². The molecule has 1 aliphatic rings. The number of ether oxygens (including phenoxy) is 1. The largest absolute Gasteiger partial charge is 0.456 e. The smallest absolute Gasteiger partial charge is 0.316 e. The number of nitrogens with zero attached hydrogens (tertiary/aromatic N) is 4. The molecule has 0 aliphatic carbocycles. The van der Waals surface area contributed by atoms with E-state index in [4.69, 9.17) is 10.5 Å². The Morgan fingerprint density at radius 1 is 1.17 bits per heavy atom. The maximum absolute atomic E-state index is 14.0. The third-order valence-electron chi connectivity index (χ3n) is 4.55. The maximum atomic E-state index is 14.0. The number of amides is 1. The van der Waals surface area contributed by atoms with E-state index in [0.717, 1.165) is 12.1 Å². The van der Waals surface area contributed by atoms with Gasteiger partial charge in [0.05, 0.1) is 36.6 Å². The fraction of sp³-hybridized carbons (Fsp3) is 0.200. The molecule has 2 aromatic heterocycles. The van der Waals surface area contributed by atoms with Crippen molar-refractivity contribution >= 4 is 11.6 Å². The van der Waals surface area contributed by atoms with Gasteiger partial charge in [0.25, 0.3) is 0 Å². The number of nitrogen functional groups attached to an aromatic ring is 1. The van der Waals surface area contributed by atoms with Gasteiger partial charge < -0.3 is 15.4 Å². The molecule has 9 heteroatoms. The quantitative estimate of drug-likeness (QED) is 0.710.